The van der Waals surface area contributed by atoms with E-state index in [0.717, 1.165) is 5.56 Å². The molecular weight excluding hydrogens is 232 g/mol. The van der Waals surface area contributed by atoms with Crippen LogP contribution >= 0.6 is 0 Å². The van der Waals surface area contributed by atoms with Crippen LogP contribution in [0, 0.1) is 12.8 Å². The van der Waals surface area contributed by atoms with Crippen molar-refractivity contribution < 1.29 is 14.7 Å². The average Bonchev–Trinajstić information content (AvgIpc) is 2.28. The Hall–Kier alpha value is -2.04. The lowest BCUT2D eigenvalue weighted by Crippen LogP contribution is -2.46. The Kier molecular flexibility index (Phi) is 4.71. The third-order valence-corrected chi connectivity index (χ3v) is 2.61. The predicted molar refractivity (Wildman–Crippen MR) is 69.6 cm³/mol. The maximum atomic E-state index is 11.7. The van der Waals surface area contributed by atoms with Crippen LogP contribution in [0.2, 0.25) is 0 Å². The first-order chi connectivity index (χ1) is 8.41. The Morgan fingerprint density at radius 3 is 2.33 bits per heavy atom. The van der Waals surface area contributed by atoms with Crippen molar-refractivity contribution >= 4 is 17.7 Å². The molecule has 0 aliphatic carbocycles. The number of aliphatic carboxylic acids is 1. The number of anilines is 1. The summed E-state index contributed by atoms with van der Waals surface area (Å²) in [5.41, 5.74) is 1.59. The van der Waals surface area contributed by atoms with Gasteiger partial charge in [0, 0.05) is 5.69 Å². The van der Waals surface area contributed by atoms with E-state index in [-0.39, 0.29) is 5.92 Å². The largest absolute Gasteiger partial charge is 0.480 e. The summed E-state index contributed by atoms with van der Waals surface area (Å²) in [7, 11) is 0. The summed E-state index contributed by atoms with van der Waals surface area (Å²) >= 11 is 0. The summed E-state index contributed by atoms with van der Waals surface area (Å²) in [4.78, 5) is 22.7. The fourth-order valence-corrected chi connectivity index (χ4v) is 1.53. The normalized spacial score (nSPS) is 12.0. The van der Waals surface area contributed by atoms with Crippen molar-refractivity contribution in [1.29, 1.82) is 0 Å². The van der Waals surface area contributed by atoms with Gasteiger partial charge in [0.2, 0.25) is 0 Å². The molecule has 0 radical (unpaired) electrons. The van der Waals surface area contributed by atoms with Crippen LogP contribution in [-0.4, -0.2) is 23.1 Å². The Morgan fingerprint density at radius 2 is 1.83 bits per heavy atom. The third-order valence-electron chi connectivity index (χ3n) is 2.61. The van der Waals surface area contributed by atoms with E-state index in [2.05, 4.69) is 10.6 Å². The number of rotatable bonds is 4. The SMILES string of the molecule is Cc1ccccc1NC(=O)NC(C(=O)O)C(C)C. The van der Waals surface area contributed by atoms with Gasteiger partial charge in [-0.2, -0.15) is 0 Å². The smallest absolute Gasteiger partial charge is 0.326 e. The van der Waals surface area contributed by atoms with Crippen molar-refractivity contribution in [2.24, 2.45) is 5.92 Å². The van der Waals surface area contributed by atoms with Crippen LogP contribution in [0.1, 0.15) is 19.4 Å². The van der Waals surface area contributed by atoms with E-state index in [0.29, 0.717) is 5.69 Å². The summed E-state index contributed by atoms with van der Waals surface area (Å²) < 4.78 is 0. The molecule has 2 amide bonds. The minimum absolute atomic E-state index is 0.176. The van der Waals surface area contributed by atoms with Crippen molar-refractivity contribution in [3.8, 4) is 0 Å². The van der Waals surface area contributed by atoms with Crippen molar-refractivity contribution in [2.75, 3.05) is 5.32 Å². The van der Waals surface area contributed by atoms with Crippen LogP contribution in [0.15, 0.2) is 24.3 Å². The van der Waals surface area contributed by atoms with Gasteiger partial charge in [-0.15, -0.1) is 0 Å². The van der Waals surface area contributed by atoms with E-state index in [1.54, 1.807) is 26.0 Å². The summed E-state index contributed by atoms with van der Waals surface area (Å²) in [5, 5.41) is 14.0. The number of urea groups is 1. The zero-order valence-corrected chi connectivity index (χ0v) is 10.7. The number of carbonyl (C=O) groups excluding carboxylic acids is 1. The maximum absolute atomic E-state index is 11.7. The Morgan fingerprint density at radius 1 is 1.22 bits per heavy atom. The molecule has 0 heterocycles. The number of carboxylic acid groups (broad SMARTS) is 1. The second-order valence-corrected chi connectivity index (χ2v) is 4.47. The van der Waals surface area contributed by atoms with Gasteiger partial charge in [-0.1, -0.05) is 32.0 Å². The second-order valence-electron chi connectivity index (χ2n) is 4.47. The topological polar surface area (TPSA) is 78.4 Å². The quantitative estimate of drug-likeness (QED) is 0.766. The summed E-state index contributed by atoms with van der Waals surface area (Å²) in [6.07, 6.45) is 0. The molecule has 98 valence electrons. The number of benzene rings is 1. The first-order valence-corrected chi connectivity index (χ1v) is 5.77. The molecular formula is C13H18N2O3. The highest BCUT2D eigenvalue weighted by atomic mass is 16.4. The number of nitrogens with one attached hydrogen (secondary N) is 2. The number of carboxylic acids is 1. The van der Waals surface area contributed by atoms with Crippen molar-refractivity contribution in [3.05, 3.63) is 29.8 Å². The highest BCUT2D eigenvalue weighted by Gasteiger charge is 2.23. The molecule has 5 heteroatoms. The van der Waals surface area contributed by atoms with Crippen molar-refractivity contribution in [2.45, 2.75) is 26.8 Å². The zero-order valence-electron chi connectivity index (χ0n) is 10.7. The predicted octanol–water partition coefficient (Wildman–Crippen LogP) is 2.23. The molecule has 1 rings (SSSR count). The number of hydrogen-bond acceptors (Lipinski definition) is 2. The van der Waals surface area contributed by atoms with E-state index in [1.165, 1.54) is 0 Å². The van der Waals surface area contributed by atoms with Gasteiger partial charge in [-0.05, 0) is 24.5 Å². The van der Waals surface area contributed by atoms with Crippen LogP contribution in [0.4, 0.5) is 10.5 Å². The average molecular weight is 250 g/mol. The van der Waals surface area contributed by atoms with E-state index in [1.807, 2.05) is 19.1 Å². The monoisotopic (exact) mass is 250 g/mol. The molecule has 0 spiro atoms. The summed E-state index contributed by atoms with van der Waals surface area (Å²) in [6.45, 7) is 5.35. The first-order valence-electron chi connectivity index (χ1n) is 5.77. The zero-order chi connectivity index (χ0) is 13.7. The molecule has 18 heavy (non-hydrogen) atoms. The van der Waals surface area contributed by atoms with Gasteiger partial charge in [-0.3, -0.25) is 0 Å². The Bertz CT molecular complexity index is 444. The lowest BCUT2D eigenvalue weighted by atomic mass is 10.1. The fraction of sp³-hybridized carbons (Fsp3) is 0.385. The van der Waals surface area contributed by atoms with Gasteiger partial charge >= 0.3 is 12.0 Å². The van der Waals surface area contributed by atoms with Crippen LogP contribution in [0.3, 0.4) is 0 Å². The standard InChI is InChI=1S/C13H18N2O3/c1-8(2)11(12(16)17)15-13(18)14-10-7-5-4-6-9(10)3/h4-8,11H,1-3H3,(H,16,17)(H2,14,15,18). The third kappa shape index (κ3) is 3.76. The molecule has 5 nitrogen and oxygen atoms in total. The number of carbonyl (C=O) groups is 2. The van der Waals surface area contributed by atoms with Crippen LogP contribution in [0.25, 0.3) is 0 Å². The fourth-order valence-electron chi connectivity index (χ4n) is 1.53. The number of para-hydroxylation sites is 1. The Balaban J connectivity index is 2.67. The molecule has 1 aromatic carbocycles. The number of amides is 2. The van der Waals surface area contributed by atoms with E-state index < -0.39 is 18.0 Å². The molecule has 0 aromatic heterocycles. The lowest BCUT2D eigenvalue weighted by Gasteiger charge is -2.18. The molecule has 0 saturated heterocycles. The van der Waals surface area contributed by atoms with Gasteiger partial charge in [0.1, 0.15) is 6.04 Å². The van der Waals surface area contributed by atoms with Crippen LogP contribution in [-0.2, 0) is 4.79 Å². The summed E-state index contributed by atoms with van der Waals surface area (Å²) in [6, 6.07) is 5.90. The molecule has 0 saturated carbocycles. The summed E-state index contributed by atoms with van der Waals surface area (Å²) in [5.74, 6) is -1.21. The van der Waals surface area contributed by atoms with Gasteiger partial charge in [0.05, 0.1) is 0 Å². The highest BCUT2D eigenvalue weighted by molar-refractivity contribution is 5.92. The molecule has 0 aliphatic rings. The highest BCUT2D eigenvalue weighted by Crippen LogP contribution is 2.13. The van der Waals surface area contributed by atoms with E-state index in [9.17, 15) is 9.59 Å². The number of aryl methyl sites for hydroxylation is 1. The molecule has 1 atom stereocenters. The minimum atomic E-state index is -1.04. The minimum Gasteiger partial charge on any atom is -0.480 e. The van der Waals surface area contributed by atoms with Crippen molar-refractivity contribution in [3.63, 3.8) is 0 Å². The molecule has 0 bridgehead atoms. The van der Waals surface area contributed by atoms with Gasteiger partial charge in [-0.25, -0.2) is 9.59 Å². The molecule has 1 unspecified atom stereocenters. The van der Waals surface area contributed by atoms with Gasteiger partial charge in [0.15, 0.2) is 0 Å². The van der Waals surface area contributed by atoms with Gasteiger partial charge < -0.3 is 15.7 Å². The molecule has 0 aliphatic heterocycles. The lowest BCUT2D eigenvalue weighted by molar-refractivity contribution is -0.140. The molecule has 3 N–H and O–H groups in total. The Labute approximate surface area is 106 Å². The number of hydrogen-bond donors (Lipinski definition) is 3. The first kappa shape index (κ1) is 14.0. The van der Waals surface area contributed by atoms with E-state index in [4.69, 9.17) is 5.11 Å². The van der Waals surface area contributed by atoms with Crippen LogP contribution in [0.5, 0.6) is 0 Å². The van der Waals surface area contributed by atoms with Crippen LogP contribution < -0.4 is 10.6 Å². The van der Waals surface area contributed by atoms with E-state index >= 15 is 0 Å². The maximum Gasteiger partial charge on any atom is 0.326 e. The second kappa shape index (κ2) is 6.05. The molecule has 0 fully saturated rings. The van der Waals surface area contributed by atoms with Gasteiger partial charge in [0.25, 0.3) is 0 Å². The molecule has 1 aromatic rings. The van der Waals surface area contributed by atoms with Crippen molar-refractivity contribution in [1.82, 2.24) is 5.32 Å².